The molecule has 1 aromatic rings. The highest BCUT2D eigenvalue weighted by molar-refractivity contribution is 5.47. The van der Waals surface area contributed by atoms with Gasteiger partial charge in [-0.1, -0.05) is 37.3 Å². The Kier molecular flexibility index (Phi) is 3.33. The summed E-state index contributed by atoms with van der Waals surface area (Å²) in [4.78, 5) is 10.2. The van der Waals surface area contributed by atoms with Gasteiger partial charge in [0.1, 0.15) is 0 Å². The SMILES string of the molecule is CC[C@@H](NC=O)c1ccccc1. The third-order valence-corrected chi connectivity index (χ3v) is 1.88. The van der Waals surface area contributed by atoms with E-state index in [1.165, 1.54) is 0 Å². The summed E-state index contributed by atoms with van der Waals surface area (Å²) in [6, 6.07) is 10.1. The Labute approximate surface area is 72.6 Å². The normalized spacial score (nSPS) is 12.1. The lowest BCUT2D eigenvalue weighted by molar-refractivity contribution is -0.110. The minimum atomic E-state index is 0.156. The number of nitrogens with one attached hydrogen (secondary N) is 1. The Hall–Kier alpha value is -1.31. The highest BCUT2D eigenvalue weighted by atomic mass is 16.1. The van der Waals surface area contributed by atoms with Crippen molar-refractivity contribution in [2.24, 2.45) is 0 Å². The van der Waals surface area contributed by atoms with Gasteiger partial charge in [0.25, 0.3) is 0 Å². The Balaban J connectivity index is 2.72. The van der Waals surface area contributed by atoms with Crippen LogP contribution in [0.25, 0.3) is 0 Å². The van der Waals surface area contributed by atoms with Crippen LogP contribution in [0.2, 0.25) is 0 Å². The van der Waals surface area contributed by atoms with Crippen molar-refractivity contribution in [2.45, 2.75) is 19.4 Å². The molecule has 0 unspecified atom stereocenters. The first-order valence-corrected chi connectivity index (χ1v) is 4.13. The fraction of sp³-hybridized carbons (Fsp3) is 0.300. The van der Waals surface area contributed by atoms with Crippen molar-refractivity contribution >= 4 is 6.41 Å². The predicted octanol–water partition coefficient (Wildman–Crippen LogP) is 1.88. The molecule has 1 atom stereocenters. The monoisotopic (exact) mass is 163 g/mol. The van der Waals surface area contributed by atoms with Gasteiger partial charge in [-0.15, -0.1) is 0 Å². The topological polar surface area (TPSA) is 29.1 Å². The quantitative estimate of drug-likeness (QED) is 0.675. The van der Waals surface area contributed by atoms with Gasteiger partial charge >= 0.3 is 0 Å². The smallest absolute Gasteiger partial charge is 0.207 e. The molecular weight excluding hydrogens is 150 g/mol. The zero-order valence-electron chi connectivity index (χ0n) is 7.16. The van der Waals surface area contributed by atoms with Gasteiger partial charge in [-0.2, -0.15) is 0 Å². The van der Waals surface area contributed by atoms with Crippen LogP contribution in [0.5, 0.6) is 0 Å². The number of hydrogen-bond donors (Lipinski definition) is 1. The van der Waals surface area contributed by atoms with Crippen LogP contribution in [0.4, 0.5) is 0 Å². The second-order valence-corrected chi connectivity index (χ2v) is 2.66. The Morgan fingerprint density at radius 3 is 2.58 bits per heavy atom. The molecule has 0 aliphatic rings. The van der Waals surface area contributed by atoms with E-state index >= 15 is 0 Å². The lowest BCUT2D eigenvalue weighted by Crippen LogP contribution is -2.18. The number of carbonyl (C=O) groups is 1. The lowest BCUT2D eigenvalue weighted by atomic mass is 10.1. The molecule has 0 aliphatic heterocycles. The van der Waals surface area contributed by atoms with Crippen LogP contribution in [0.3, 0.4) is 0 Å². The minimum absolute atomic E-state index is 0.156. The molecule has 2 heteroatoms. The molecule has 0 radical (unpaired) electrons. The second-order valence-electron chi connectivity index (χ2n) is 2.66. The molecule has 0 aliphatic carbocycles. The number of carbonyl (C=O) groups excluding carboxylic acids is 1. The maximum atomic E-state index is 10.2. The van der Waals surface area contributed by atoms with E-state index in [-0.39, 0.29) is 6.04 Å². The average molecular weight is 163 g/mol. The summed E-state index contributed by atoms with van der Waals surface area (Å²) in [5.74, 6) is 0. The first-order chi connectivity index (χ1) is 5.88. The first kappa shape index (κ1) is 8.78. The van der Waals surface area contributed by atoms with Crippen LogP contribution in [0.15, 0.2) is 30.3 Å². The molecule has 0 spiro atoms. The fourth-order valence-electron chi connectivity index (χ4n) is 1.22. The number of rotatable bonds is 4. The number of benzene rings is 1. The molecule has 12 heavy (non-hydrogen) atoms. The van der Waals surface area contributed by atoms with Crippen molar-refractivity contribution in [3.8, 4) is 0 Å². The molecule has 0 heterocycles. The van der Waals surface area contributed by atoms with Crippen molar-refractivity contribution in [1.82, 2.24) is 5.32 Å². The van der Waals surface area contributed by atoms with Crippen LogP contribution >= 0.6 is 0 Å². The molecule has 0 fully saturated rings. The standard InChI is InChI=1S/C10H13NO/c1-2-10(11-8-12)9-6-4-3-5-7-9/h3-8,10H,2H2,1H3,(H,11,12)/t10-/m1/s1. The van der Waals surface area contributed by atoms with Gasteiger partial charge in [0.15, 0.2) is 0 Å². The van der Waals surface area contributed by atoms with Gasteiger partial charge < -0.3 is 5.32 Å². The van der Waals surface area contributed by atoms with E-state index in [0.717, 1.165) is 18.4 Å². The Morgan fingerprint density at radius 1 is 1.42 bits per heavy atom. The molecule has 1 amide bonds. The fourth-order valence-corrected chi connectivity index (χ4v) is 1.22. The second kappa shape index (κ2) is 4.54. The first-order valence-electron chi connectivity index (χ1n) is 4.13. The van der Waals surface area contributed by atoms with Gasteiger partial charge in [0, 0.05) is 0 Å². The van der Waals surface area contributed by atoms with E-state index in [1.807, 2.05) is 37.3 Å². The summed E-state index contributed by atoms with van der Waals surface area (Å²) in [6.45, 7) is 2.05. The van der Waals surface area contributed by atoms with Gasteiger partial charge in [-0.25, -0.2) is 0 Å². The molecule has 2 nitrogen and oxygen atoms in total. The Morgan fingerprint density at radius 2 is 2.08 bits per heavy atom. The summed E-state index contributed by atoms with van der Waals surface area (Å²) in [6.07, 6.45) is 1.67. The van der Waals surface area contributed by atoms with E-state index in [9.17, 15) is 4.79 Å². The summed E-state index contributed by atoms with van der Waals surface area (Å²) in [5.41, 5.74) is 1.16. The summed E-state index contributed by atoms with van der Waals surface area (Å²) < 4.78 is 0. The summed E-state index contributed by atoms with van der Waals surface area (Å²) in [7, 11) is 0. The molecule has 0 aromatic heterocycles. The number of hydrogen-bond acceptors (Lipinski definition) is 1. The van der Waals surface area contributed by atoms with Crippen molar-refractivity contribution in [2.75, 3.05) is 0 Å². The van der Waals surface area contributed by atoms with E-state index in [4.69, 9.17) is 0 Å². The van der Waals surface area contributed by atoms with Crippen molar-refractivity contribution in [1.29, 1.82) is 0 Å². The van der Waals surface area contributed by atoms with Crippen LogP contribution in [-0.2, 0) is 4.79 Å². The highest BCUT2D eigenvalue weighted by Gasteiger charge is 2.05. The van der Waals surface area contributed by atoms with Crippen LogP contribution in [0, 0.1) is 0 Å². The molecule has 0 saturated heterocycles. The number of amides is 1. The minimum Gasteiger partial charge on any atom is -0.352 e. The third-order valence-electron chi connectivity index (χ3n) is 1.88. The summed E-state index contributed by atoms with van der Waals surface area (Å²) >= 11 is 0. The van der Waals surface area contributed by atoms with Crippen LogP contribution in [-0.4, -0.2) is 6.41 Å². The predicted molar refractivity (Wildman–Crippen MR) is 48.7 cm³/mol. The maximum Gasteiger partial charge on any atom is 0.207 e. The molecule has 0 saturated carbocycles. The van der Waals surface area contributed by atoms with Crippen LogP contribution in [0.1, 0.15) is 24.9 Å². The van der Waals surface area contributed by atoms with Crippen molar-refractivity contribution in [3.63, 3.8) is 0 Å². The molecule has 64 valence electrons. The zero-order valence-corrected chi connectivity index (χ0v) is 7.16. The molecule has 0 bridgehead atoms. The molecule has 1 aromatic carbocycles. The summed E-state index contributed by atoms with van der Waals surface area (Å²) in [5, 5.41) is 2.77. The molecule has 1 N–H and O–H groups in total. The lowest BCUT2D eigenvalue weighted by Gasteiger charge is -2.13. The van der Waals surface area contributed by atoms with Gasteiger partial charge in [-0.05, 0) is 12.0 Å². The van der Waals surface area contributed by atoms with Gasteiger partial charge in [0.2, 0.25) is 6.41 Å². The van der Waals surface area contributed by atoms with E-state index in [2.05, 4.69) is 5.32 Å². The van der Waals surface area contributed by atoms with E-state index in [0.29, 0.717) is 0 Å². The van der Waals surface area contributed by atoms with Crippen molar-refractivity contribution in [3.05, 3.63) is 35.9 Å². The third kappa shape index (κ3) is 2.09. The Bertz CT molecular complexity index is 233. The largest absolute Gasteiger partial charge is 0.352 e. The molecule has 1 rings (SSSR count). The van der Waals surface area contributed by atoms with E-state index in [1.54, 1.807) is 0 Å². The zero-order chi connectivity index (χ0) is 8.81. The van der Waals surface area contributed by atoms with Crippen molar-refractivity contribution < 1.29 is 4.79 Å². The van der Waals surface area contributed by atoms with Gasteiger partial charge in [0.05, 0.1) is 6.04 Å². The average Bonchev–Trinajstić information content (AvgIpc) is 2.15. The van der Waals surface area contributed by atoms with Gasteiger partial charge in [-0.3, -0.25) is 4.79 Å². The van der Waals surface area contributed by atoms with E-state index < -0.39 is 0 Å². The van der Waals surface area contributed by atoms with Crippen LogP contribution < -0.4 is 5.32 Å². The maximum absolute atomic E-state index is 10.2. The molecular formula is C10H13NO. The highest BCUT2D eigenvalue weighted by Crippen LogP contribution is 2.14.